The van der Waals surface area contributed by atoms with Crippen molar-refractivity contribution in [2.45, 2.75) is 456 Å². The molecule has 2 atom stereocenters. The molecular formula is C77H151NO5. The Morgan fingerprint density at radius 3 is 0.855 bits per heavy atom. The first-order valence-corrected chi connectivity index (χ1v) is 38.4. The Kier molecular flexibility index (Phi) is 71.8. The first-order valence-electron chi connectivity index (χ1n) is 38.4. The first-order chi connectivity index (χ1) is 41.0. The third-order valence-electron chi connectivity index (χ3n) is 18.3. The van der Waals surface area contributed by atoms with Gasteiger partial charge in [0.15, 0.2) is 0 Å². The molecule has 0 bridgehead atoms. The average molecular weight is 1170 g/mol. The summed E-state index contributed by atoms with van der Waals surface area (Å²) >= 11 is 0. The summed E-state index contributed by atoms with van der Waals surface area (Å²) < 4.78 is 5.51. The molecule has 83 heavy (non-hydrogen) atoms. The predicted molar refractivity (Wildman–Crippen MR) is 366 cm³/mol. The molecule has 0 aliphatic rings. The standard InChI is InChI=1S/C77H151NO5/c1-3-5-7-9-11-13-15-17-19-21-22-23-32-35-38-41-45-49-53-57-61-65-69-75(80)74(73-79)78-76(81)70-66-62-58-54-50-46-42-39-36-33-30-28-26-24-25-27-29-31-34-37-40-44-48-52-56-60-64-68-72-83-77(82)71-67-63-59-55-51-47-43-20-18-16-14-12-10-8-6-4-2/h24-25,74-75,79-80H,3-23,26-73H2,1-2H3,(H,78,81)/b25-24-. The van der Waals surface area contributed by atoms with E-state index in [9.17, 15) is 19.8 Å². The zero-order chi connectivity index (χ0) is 59.9. The summed E-state index contributed by atoms with van der Waals surface area (Å²) in [6, 6.07) is -0.542. The van der Waals surface area contributed by atoms with Crippen molar-refractivity contribution >= 4 is 11.9 Å². The van der Waals surface area contributed by atoms with E-state index in [1.54, 1.807) is 0 Å². The molecule has 0 radical (unpaired) electrons. The number of ether oxygens (including phenoxy) is 1. The number of aliphatic hydroxyl groups excluding tert-OH is 2. The molecule has 0 aliphatic heterocycles. The van der Waals surface area contributed by atoms with E-state index in [4.69, 9.17) is 4.74 Å². The van der Waals surface area contributed by atoms with Crippen molar-refractivity contribution in [2.24, 2.45) is 0 Å². The number of carbonyl (C=O) groups excluding carboxylic acids is 2. The molecule has 3 N–H and O–H groups in total. The molecule has 0 aliphatic carbocycles. The minimum Gasteiger partial charge on any atom is -0.466 e. The second kappa shape index (κ2) is 73.1. The van der Waals surface area contributed by atoms with Crippen LogP contribution in [0.4, 0.5) is 0 Å². The van der Waals surface area contributed by atoms with Crippen molar-refractivity contribution in [3.63, 3.8) is 0 Å². The van der Waals surface area contributed by atoms with Gasteiger partial charge in [-0.2, -0.15) is 0 Å². The number of allylic oxidation sites excluding steroid dienone is 2. The van der Waals surface area contributed by atoms with Crippen molar-refractivity contribution in [1.82, 2.24) is 5.32 Å². The third-order valence-corrected chi connectivity index (χ3v) is 18.3. The van der Waals surface area contributed by atoms with Crippen LogP contribution in [0.1, 0.15) is 444 Å². The maximum Gasteiger partial charge on any atom is 0.305 e. The van der Waals surface area contributed by atoms with E-state index in [-0.39, 0.29) is 18.5 Å². The van der Waals surface area contributed by atoms with Crippen LogP contribution in [0.2, 0.25) is 0 Å². The van der Waals surface area contributed by atoms with Gasteiger partial charge in [-0.05, 0) is 51.4 Å². The molecule has 0 aromatic heterocycles. The Morgan fingerprint density at radius 1 is 0.325 bits per heavy atom. The number of rotatable bonds is 73. The summed E-state index contributed by atoms with van der Waals surface area (Å²) in [6.07, 6.45) is 91.4. The van der Waals surface area contributed by atoms with Crippen molar-refractivity contribution in [3.05, 3.63) is 12.2 Å². The van der Waals surface area contributed by atoms with Crippen LogP contribution < -0.4 is 5.32 Å². The fourth-order valence-electron chi connectivity index (χ4n) is 12.5. The van der Waals surface area contributed by atoms with Gasteiger partial charge in [-0.15, -0.1) is 0 Å². The lowest BCUT2D eigenvalue weighted by molar-refractivity contribution is -0.143. The highest BCUT2D eigenvalue weighted by atomic mass is 16.5. The van der Waals surface area contributed by atoms with Gasteiger partial charge >= 0.3 is 5.97 Å². The maximum absolute atomic E-state index is 12.6. The second-order valence-electron chi connectivity index (χ2n) is 26.7. The largest absolute Gasteiger partial charge is 0.466 e. The van der Waals surface area contributed by atoms with Gasteiger partial charge < -0.3 is 20.3 Å². The van der Waals surface area contributed by atoms with Crippen LogP contribution in [0.15, 0.2) is 12.2 Å². The van der Waals surface area contributed by atoms with E-state index in [2.05, 4.69) is 31.3 Å². The minimum atomic E-state index is -0.665. The molecule has 0 aromatic rings. The predicted octanol–water partition coefficient (Wildman–Crippen LogP) is 25.1. The van der Waals surface area contributed by atoms with Gasteiger partial charge in [-0.3, -0.25) is 9.59 Å². The quantitative estimate of drug-likeness (QED) is 0.0320. The number of aliphatic hydroxyl groups is 2. The zero-order valence-corrected chi connectivity index (χ0v) is 56.7. The lowest BCUT2D eigenvalue weighted by atomic mass is 10.0. The first kappa shape index (κ1) is 81.6. The summed E-state index contributed by atoms with van der Waals surface area (Å²) in [6.45, 7) is 5.01. The fourth-order valence-corrected chi connectivity index (χ4v) is 12.5. The normalized spacial score (nSPS) is 12.5. The van der Waals surface area contributed by atoms with Crippen LogP contribution in [0.25, 0.3) is 0 Å². The monoisotopic (exact) mass is 1170 g/mol. The highest BCUT2D eigenvalue weighted by molar-refractivity contribution is 5.76. The Bertz CT molecular complexity index is 1260. The lowest BCUT2D eigenvalue weighted by Gasteiger charge is -2.22. The molecule has 0 saturated heterocycles. The van der Waals surface area contributed by atoms with E-state index in [0.29, 0.717) is 25.9 Å². The summed E-state index contributed by atoms with van der Waals surface area (Å²) in [5, 5.41) is 23.5. The van der Waals surface area contributed by atoms with E-state index in [1.807, 2.05) is 0 Å². The van der Waals surface area contributed by atoms with Crippen LogP contribution in [0.3, 0.4) is 0 Å². The second-order valence-corrected chi connectivity index (χ2v) is 26.7. The molecular weight excluding hydrogens is 1020 g/mol. The van der Waals surface area contributed by atoms with E-state index in [1.165, 1.54) is 372 Å². The van der Waals surface area contributed by atoms with Gasteiger partial charge in [0, 0.05) is 12.8 Å². The maximum atomic E-state index is 12.6. The summed E-state index contributed by atoms with van der Waals surface area (Å²) in [5.41, 5.74) is 0. The number of carbonyl (C=O) groups is 2. The van der Waals surface area contributed by atoms with Crippen LogP contribution >= 0.6 is 0 Å². The van der Waals surface area contributed by atoms with Gasteiger partial charge in [0.1, 0.15) is 0 Å². The number of amides is 1. The van der Waals surface area contributed by atoms with Crippen LogP contribution in [-0.4, -0.2) is 47.4 Å². The Hall–Kier alpha value is -1.40. The van der Waals surface area contributed by atoms with Crippen molar-refractivity contribution in [3.8, 4) is 0 Å². The van der Waals surface area contributed by atoms with Gasteiger partial charge in [0.05, 0.1) is 25.4 Å². The van der Waals surface area contributed by atoms with Crippen molar-refractivity contribution in [2.75, 3.05) is 13.2 Å². The molecule has 0 spiro atoms. The van der Waals surface area contributed by atoms with Crippen LogP contribution in [0.5, 0.6) is 0 Å². The van der Waals surface area contributed by atoms with Gasteiger partial charge in [-0.25, -0.2) is 0 Å². The molecule has 6 heteroatoms. The molecule has 0 saturated carbocycles. The molecule has 494 valence electrons. The van der Waals surface area contributed by atoms with Crippen molar-refractivity contribution in [1.29, 1.82) is 0 Å². The van der Waals surface area contributed by atoms with Crippen molar-refractivity contribution < 1.29 is 24.5 Å². The molecule has 0 aromatic carbocycles. The van der Waals surface area contributed by atoms with E-state index >= 15 is 0 Å². The number of esters is 1. The molecule has 0 fully saturated rings. The Morgan fingerprint density at radius 2 is 0.566 bits per heavy atom. The van der Waals surface area contributed by atoms with Gasteiger partial charge in [-0.1, -0.05) is 392 Å². The number of unbranched alkanes of at least 4 members (excludes halogenated alkanes) is 60. The SMILES string of the molecule is CCCCCCCCCCCCCCCCCCCCCCCCC(O)C(CO)NC(=O)CCCCCCCCCCCCCC/C=C\CCCCCCCCCCCCCCOC(=O)CCCCCCCCCCCCCCCCCC. The van der Waals surface area contributed by atoms with E-state index < -0.39 is 12.1 Å². The van der Waals surface area contributed by atoms with Gasteiger partial charge in [0.25, 0.3) is 0 Å². The Labute approximate surface area is 520 Å². The smallest absolute Gasteiger partial charge is 0.305 e. The minimum absolute atomic E-state index is 0.0206. The summed E-state index contributed by atoms with van der Waals surface area (Å²) in [4.78, 5) is 24.7. The summed E-state index contributed by atoms with van der Waals surface area (Å²) in [5.74, 6) is -0.00867. The van der Waals surface area contributed by atoms with E-state index in [0.717, 1.165) is 38.5 Å². The molecule has 6 nitrogen and oxygen atoms in total. The number of nitrogens with one attached hydrogen (secondary N) is 1. The molecule has 2 unspecified atom stereocenters. The van der Waals surface area contributed by atoms with Crippen LogP contribution in [0, 0.1) is 0 Å². The topological polar surface area (TPSA) is 95.9 Å². The molecule has 0 heterocycles. The zero-order valence-electron chi connectivity index (χ0n) is 56.7. The summed E-state index contributed by atoms with van der Waals surface area (Å²) in [7, 11) is 0. The highest BCUT2D eigenvalue weighted by Crippen LogP contribution is 2.20. The fraction of sp³-hybridized carbons (Fsp3) is 0.948. The molecule has 0 rings (SSSR count). The third kappa shape index (κ3) is 69.6. The number of hydrogen-bond acceptors (Lipinski definition) is 5. The van der Waals surface area contributed by atoms with Gasteiger partial charge in [0.2, 0.25) is 5.91 Å². The Balaban J connectivity index is 3.36. The lowest BCUT2D eigenvalue weighted by Crippen LogP contribution is -2.45. The van der Waals surface area contributed by atoms with Crippen LogP contribution in [-0.2, 0) is 14.3 Å². The highest BCUT2D eigenvalue weighted by Gasteiger charge is 2.20. The molecule has 1 amide bonds. The average Bonchev–Trinajstić information content (AvgIpc) is 3.49. The number of hydrogen-bond donors (Lipinski definition) is 3.